The van der Waals surface area contributed by atoms with Crippen molar-refractivity contribution >= 4 is 69.2 Å². The van der Waals surface area contributed by atoms with Crippen molar-refractivity contribution in [1.82, 2.24) is 0 Å². The van der Waals surface area contributed by atoms with Gasteiger partial charge in [-0.05, 0) is 85.6 Å². The molecule has 0 fully saturated rings. The molecule has 0 amide bonds. The summed E-state index contributed by atoms with van der Waals surface area (Å²) in [5.41, 5.74) is 3.53. The molecule has 4 aromatic rings. The second-order valence-corrected chi connectivity index (χ2v) is 12.8. The van der Waals surface area contributed by atoms with Crippen molar-refractivity contribution in [3.8, 4) is 0 Å². The highest BCUT2D eigenvalue weighted by atomic mass is 35.5. The summed E-state index contributed by atoms with van der Waals surface area (Å²) in [6.45, 7) is 4.29. The van der Waals surface area contributed by atoms with Gasteiger partial charge in [-0.25, -0.2) is 4.99 Å². The number of halogens is 2. The van der Waals surface area contributed by atoms with Gasteiger partial charge in [-0.2, -0.15) is 0 Å². The molecule has 178 valence electrons. The highest BCUT2D eigenvalue weighted by Gasteiger charge is 2.18. The molecule has 0 aliphatic rings. The lowest BCUT2D eigenvalue weighted by Crippen LogP contribution is -2.05. The summed E-state index contributed by atoms with van der Waals surface area (Å²) in [6, 6.07) is 32.8. The van der Waals surface area contributed by atoms with Gasteiger partial charge >= 0.3 is 0 Å². The molecule has 0 aliphatic heterocycles. The molecule has 0 heterocycles. The van der Waals surface area contributed by atoms with E-state index in [2.05, 4.69) is 44.2 Å². The van der Waals surface area contributed by atoms with Gasteiger partial charge in [-0.1, -0.05) is 71.4 Å². The van der Waals surface area contributed by atoms with Crippen LogP contribution in [0, 0.1) is 13.8 Å². The Kier molecular flexibility index (Phi) is 9.70. The molecule has 0 bridgehead atoms. The molecule has 0 saturated carbocycles. The Morgan fingerprint density at radius 1 is 0.686 bits per heavy atom. The van der Waals surface area contributed by atoms with Crippen molar-refractivity contribution < 1.29 is 0 Å². The summed E-state index contributed by atoms with van der Waals surface area (Å²) in [7, 11) is 0. The molecule has 0 unspecified atom stereocenters. The molecule has 0 aromatic heterocycles. The zero-order valence-electron chi connectivity index (χ0n) is 19.4. The quantitative estimate of drug-likeness (QED) is 0.0930. The molecule has 4 rings (SSSR count). The lowest BCUT2D eigenvalue weighted by molar-refractivity contribution is 1.23. The van der Waals surface area contributed by atoms with Gasteiger partial charge in [-0.15, -0.1) is 23.5 Å². The summed E-state index contributed by atoms with van der Waals surface area (Å²) < 4.78 is 0.174. The van der Waals surface area contributed by atoms with Crippen molar-refractivity contribution in [1.29, 1.82) is 0 Å². The first kappa shape index (κ1) is 26.2. The average molecular weight is 555 g/mol. The van der Waals surface area contributed by atoms with Crippen LogP contribution in [0.5, 0.6) is 0 Å². The molecule has 1 nitrogen and oxygen atoms in total. The molecule has 0 saturated heterocycles. The third-order valence-electron chi connectivity index (χ3n) is 5.19. The fourth-order valence-electron chi connectivity index (χ4n) is 3.30. The van der Waals surface area contributed by atoms with Gasteiger partial charge in [0.15, 0.2) is 0 Å². The second-order valence-electron chi connectivity index (χ2n) is 7.97. The lowest BCUT2D eigenvalue weighted by Gasteiger charge is -2.18. The fraction of sp³-hybridized carbons (Fsp3) is 0.138. The van der Waals surface area contributed by atoms with Crippen LogP contribution in [-0.4, -0.2) is 9.63 Å². The predicted octanol–water partition coefficient (Wildman–Crippen LogP) is 10.7. The maximum atomic E-state index is 6.29. The monoisotopic (exact) mass is 553 g/mol. The minimum atomic E-state index is 0.174. The fourth-order valence-corrected chi connectivity index (χ4v) is 7.72. The van der Waals surface area contributed by atoms with Gasteiger partial charge < -0.3 is 0 Å². The van der Waals surface area contributed by atoms with E-state index in [1.54, 1.807) is 35.3 Å². The van der Waals surface area contributed by atoms with E-state index < -0.39 is 0 Å². The molecule has 0 spiro atoms. The number of hydrogen-bond donors (Lipinski definition) is 0. The minimum absolute atomic E-state index is 0.174. The zero-order chi connectivity index (χ0) is 24.6. The van der Waals surface area contributed by atoms with Crippen LogP contribution in [0.1, 0.15) is 17.5 Å². The van der Waals surface area contributed by atoms with Crippen LogP contribution in [0.25, 0.3) is 0 Å². The van der Waals surface area contributed by atoms with Crippen molar-refractivity contribution in [2.24, 2.45) is 4.99 Å². The Balaban J connectivity index is 1.65. The molecule has 0 radical (unpaired) electrons. The van der Waals surface area contributed by atoms with Crippen molar-refractivity contribution in [2.45, 2.75) is 39.5 Å². The average Bonchev–Trinajstić information content (AvgIpc) is 2.82. The Morgan fingerprint density at radius 3 is 1.89 bits per heavy atom. The first-order valence-corrected chi connectivity index (χ1v) is 14.5. The number of aryl methyl sites for hydroxylation is 2. The van der Waals surface area contributed by atoms with E-state index in [-0.39, 0.29) is 4.58 Å². The maximum Gasteiger partial charge on any atom is 0.0806 e. The van der Waals surface area contributed by atoms with Gasteiger partial charge in [0, 0.05) is 31.2 Å². The zero-order valence-corrected chi connectivity index (χ0v) is 23.4. The van der Waals surface area contributed by atoms with Crippen LogP contribution < -0.4 is 0 Å². The molecule has 0 aliphatic carbocycles. The van der Waals surface area contributed by atoms with Crippen LogP contribution in [0.3, 0.4) is 0 Å². The van der Waals surface area contributed by atoms with Crippen LogP contribution >= 0.6 is 58.5 Å². The highest BCUT2D eigenvalue weighted by Crippen LogP contribution is 2.41. The third kappa shape index (κ3) is 8.37. The number of thioether (sulfide) groups is 3. The number of rotatable bonds is 8. The van der Waals surface area contributed by atoms with Gasteiger partial charge in [0.05, 0.1) is 15.3 Å². The van der Waals surface area contributed by atoms with Crippen molar-refractivity contribution in [3.05, 3.63) is 118 Å². The van der Waals surface area contributed by atoms with Crippen LogP contribution in [0.4, 0.5) is 5.69 Å². The van der Waals surface area contributed by atoms with Crippen molar-refractivity contribution in [2.75, 3.05) is 0 Å². The summed E-state index contributed by atoms with van der Waals surface area (Å²) in [4.78, 5) is 8.52. The molecule has 0 N–H and O–H groups in total. The predicted molar refractivity (Wildman–Crippen MR) is 158 cm³/mol. The number of para-hydroxylation sites is 1. The summed E-state index contributed by atoms with van der Waals surface area (Å²) >= 11 is 17.9. The molecule has 0 atom stereocenters. The highest BCUT2D eigenvalue weighted by molar-refractivity contribution is 8.17. The number of hydrogen-bond acceptors (Lipinski definition) is 4. The summed E-state index contributed by atoms with van der Waals surface area (Å²) in [5, 5.41) is 2.54. The van der Waals surface area contributed by atoms with Gasteiger partial charge in [0.25, 0.3) is 0 Å². The van der Waals surface area contributed by atoms with Crippen LogP contribution in [0.15, 0.2) is 117 Å². The Hall–Kier alpha value is -1.82. The number of benzene rings is 4. The largest absolute Gasteiger partial charge is 0.246 e. The smallest absolute Gasteiger partial charge is 0.0806 e. The maximum absolute atomic E-state index is 6.29. The standard InChI is InChI=1S/C29H25Cl2NS3/c1-20-14-15-27(16-21(20)2)33-28(32-24-10-4-3-5-11-24)19-29(34-25-12-6-8-22(30)17-25)35-26-13-7-9-23(31)18-26/h3-18,29H,19H2,1-2H3. The molecular weight excluding hydrogens is 529 g/mol. The second kappa shape index (κ2) is 12.9. The SMILES string of the molecule is Cc1ccc(SC(CC(Sc2cccc(Cl)c2)Sc2cccc(Cl)c2)=Nc2ccccc2)cc1C. The van der Waals surface area contributed by atoms with E-state index in [4.69, 9.17) is 28.2 Å². The van der Waals surface area contributed by atoms with Gasteiger partial charge in [-0.3, -0.25) is 0 Å². The van der Waals surface area contributed by atoms with Crippen LogP contribution in [-0.2, 0) is 0 Å². The van der Waals surface area contributed by atoms with Crippen LogP contribution in [0.2, 0.25) is 10.0 Å². The third-order valence-corrected chi connectivity index (χ3v) is 9.13. The topological polar surface area (TPSA) is 12.4 Å². The Bertz CT molecular complexity index is 1260. The van der Waals surface area contributed by atoms with Crippen molar-refractivity contribution in [3.63, 3.8) is 0 Å². The van der Waals surface area contributed by atoms with E-state index in [9.17, 15) is 0 Å². The minimum Gasteiger partial charge on any atom is -0.246 e. The summed E-state index contributed by atoms with van der Waals surface area (Å²) in [5.74, 6) is 0. The number of aliphatic imine (C=N–C) groups is 1. The van der Waals surface area contributed by atoms with E-state index in [0.29, 0.717) is 0 Å². The Labute approximate surface area is 230 Å². The molecule has 6 heteroatoms. The molecule has 35 heavy (non-hydrogen) atoms. The first-order valence-electron chi connectivity index (χ1n) is 11.2. The van der Waals surface area contributed by atoms with E-state index >= 15 is 0 Å². The lowest BCUT2D eigenvalue weighted by atomic mass is 10.1. The number of nitrogens with zero attached hydrogens (tertiary/aromatic N) is 1. The molecular formula is C29H25Cl2NS3. The first-order chi connectivity index (χ1) is 16.9. The normalized spacial score (nSPS) is 11.7. The van der Waals surface area contributed by atoms with E-state index in [1.165, 1.54) is 16.0 Å². The van der Waals surface area contributed by atoms with E-state index in [1.807, 2.05) is 66.7 Å². The van der Waals surface area contributed by atoms with Gasteiger partial charge in [0.1, 0.15) is 0 Å². The van der Waals surface area contributed by atoms with E-state index in [0.717, 1.165) is 37.0 Å². The van der Waals surface area contributed by atoms with Gasteiger partial charge in [0.2, 0.25) is 0 Å². The molecule has 4 aromatic carbocycles. The Morgan fingerprint density at radius 2 is 1.31 bits per heavy atom. The summed E-state index contributed by atoms with van der Waals surface area (Å²) in [6.07, 6.45) is 0.779.